The number of nitrogens with one attached hydrogen (secondary N) is 1. The number of hydrogen-bond donors (Lipinski definition) is 1. The van der Waals surface area contributed by atoms with Crippen LogP contribution < -0.4 is 5.32 Å². The van der Waals surface area contributed by atoms with Crippen molar-refractivity contribution in [2.45, 2.75) is 86.6 Å². The van der Waals surface area contributed by atoms with Crippen molar-refractivity contribution in [2.75, 3.05) is 26.2 Å². The lowest BCUT2D eigenvalue weighted by Gasteiger charge is -2.39. The van der Waals surface area contributed by atoms with E-state index in [1.54, 1.807) is 0 Å². The normalized spacial score (nSPS) is 16.4. The van der Waals surface area contributed by atoms with Crippen molar-refractivity contribution in [3.63, 3.8) is 0 Å². The molecule has 0 rings (SSSR count). The van der Waals surface area contributed by atoms with Crippen LogP contribution in [-0.2, 0) is 0 Å². The van der Waals surface area contributed by atoms with Gasteiger partial charge in [0.05, 0.1) is 0 Å². The Bertz CT molecular complexity index is 240. The van der Waals surface area contributed by atoms with Crippen LogP contribution in [0.15, 0.2) is 0 Å². The molecule has 0 fully saturated rings. The fraction of sp³-hybridized carbons (Fsp3) is 1.00. The maximum Gasteiger partial charge on any atom is 0.00645 e. The average Bonchev–Trinajstić information content (AvgIpc) is 2.42. The van der Waals surface area contributed by atoms with Crippen LogP contribution in [-0.4, -0.2) is 37.1 Å². The standard InChI is InChI=1S/C19H42N2/c1-8-11-13-21(18(6)10-3)16-19(7,12-9-2)15-20-14-17(4)5/h17-18,20H,8-16H2,1-7H3. The zero-order valence-electron chi connectivity index (χ0n) is 16.0. The van der Waals surface area contributed by atoms with Crippen LogP contribution in [0.3, 0.4) is 0 Å². The van der Waals surface area contributed by atoms with E-state index < -0.39 is 0 Å². The third-order valence-corrected chi connectivity index (χ3v) is 4.56. The van der Waals surface area contributed by atoms with E-state index in [-0.39, 0.29) is 0 Å². The predicted molar refractivity (Wildman–Crippen MR) is 97.0 cm³/mol. The van der Waals surface area contributed by atoms with Crippen molar-refractivity contribution >= 4 is 0 Å². The van der Waals surface area contributed by atoms with Crippen LogP contribution in [0.5, 0.6) is 0 Å². The third kappa shape index (κ3) is 9.52. The fourth-order valence-electron chi connectivity index (χ4n) is 3.05. The molecule has 2 nitrogen and oxygen atoms in total. The summed E-state index contributed by atoms with van der Waals surface area (Å²) in [6, 6.07) is 0.706. The predicted octanol–water partition coefficient (Wildman–Crippen LogP) is 4.94. The van der Waals surface area contributed by atoms with E-state index >= 15 is 0 Å². The number of nitrogens with zero attached hydrogens (tertiary/aromatic N) is 1. The van der Waals surface area contributed by atoms with Crippen LogP contribution in [0.25, 0.3) is 0 Å². The summed E-state index contributed by atoms with van der Waals surface area (Å²) in [7, 11) is 0. The van der Waals surface area contributed by atoms with E-state index in [1.165, 1.54) is 45.2 Å². The molecular formula is C19H42N2. The van der Waals surface area contributed by atoms with Crippen molar-refractivity contribution in [3.8, 4) is 0 Å². The lowest BCUT2D eigenvalue weighted by atomic mass is 9.84. The van der Waals surface area contributed by atoms with Gasteiger partial charge in [0.25, 0.3) is 0 Å². The number of hydrogen-bond acceptors (Lipinski definition) is 2. The summed E-state index contributed by atoms with van der Waals surface area (Å²) in [5.41, 5.74) is 0.404. The smallest absolute Gasteiger partial charge is 0.00645 e. The Morgan fingerprint density at radius 3 is 2.19 bits per heavy atom. The van der Waals surface area contributed by atoms with Crippen LogP contribution in [0.1, 0.15) is 80.6 Å². The molecule has 0 saturated heterocycles. The molecule has 2 atom stereocenters. The molecule has 21 heavy (non-hydrogen) atoms. The number of unbranched alkanes of at least 4 members (excludes halogenated alkanes) is 1. The van der Waals surface area contributed by atoms with E-state index in [0.29, 0.717) is 11.5 Å². The van der Waals surface area contributed by atoms with Gasteiger partial charge in [-0.1, -0.05) is 54.4 Å². The molecule has 0 spiro atoms. The Kier molecular flexibility index (Phi) is 11.4. The maximum absolute atomic E-state index is 3.70. The average molecular weight is 299 g/mol. The van der Waals surface area contributed by atoms with E-state index in [1.807, 2.05) is 0 Å². The van der Waals surface area contributed by atoms with E-state index in [4.69, 9.17) is 0 Å². The number of rotatable bonds is 13. The zero-order valence-corrected chi connectivity index (χ0v) is 16.0. The van der Waals surface area contributed by atoms with E-state index in [0.717, 1.165) is 19.0 Å². The van der Waals surface area contributed by atoms with Crippen molar-refractivity contribution in [3.05, 3.63) is 0 Å². The fourth-order valence-corrected chi connectivity index (χ4v) is 3.05. The summed E-state index contributed by atoms with van der Waals surface area (Å²) in [5.74, 6) is 0.738. The summed E-state index contributed by atoms with van der Waals surface area (Å²) in [6.07, 6.45) is 6.47. The maximum atomic E-state index is 3.70. The SMILES string of the molecule is CCCCN(CC(C)(CCC)CNCC(C)C)C(C)CC. The second-order valence-electron chi connectivity index (χ2n) is 7.67. The summed E-state index contributed by atoms with van der Waals surface area (Å²) >= 11 is 0. The van der Waals surface area contributed by atoms with E-state index in [9.17, 15) is 0 Å². The molecule has 0 aromatic heterocycles. The van der Waals surface area contributed by atoms with Crippen molar-refractivity contribution in [2.24, 2.45) is 11.3 Å². The minimum Gasteiger partial charge on any atom is -0.316 e. The molecule has 2 heteroatoms. The Morgan fingerprint density at radius 1 is 1.05 bits per heavy atom. The van der Waals surface area contributed by atoms with Crippen LogP contribution in [0, 0.1) is 11.3 Å². The van der Waals surface area contributed by atoms with Crippen molar-refractivity contribution < 1.29 is 0 Å². The van der Waals surface area contributed by atoms with Gasteiger partial charge in [0.2, 0.25) is 0 Å². The first-order chi connectivity index (χ1) is 9.88. The van der Waals surface area contributed by atoms with Crippen LogP contribution in [0.4, 0.5) is 0 Å². The molecule has 0 aromatic rings. The van der Waals surface area contributed by atoms with Crippen LogP contribution in [0.2, 0.25) is 0 Å². The molecule has 0 heterocycles. The van der Waals surface area contributed by atoms with Gasteiger partial charge in [-0.3, -0.25) is 0 Å². The van der Waals surface area contributed by atoms with Gasteiger partial charge < -0.3 is 10.2 Å². The first kappa shape index (κ1) is 20.9. The largest absolute Gasteiger partial charge is 0.316 e. The second kappa shape index (κ2) is 11.5. The van der Waals surface area contributed by atoms with Gasteiger partial charge in [-0.05, 0) is 50.6 Å². The van der Waals surface area contributed by atoms with Gasteiger partial charge in [-0.25, -0.2) is 0 Å². The van der Waals surface area contributed by atoms with Gasteiger partial charge in [-0.2, -0.15) is 0 Å². The molecule has 0 saturated carbocycles. The molecule has 1 N–H and O–H groups in total. The lowest BCUT2D eigenvalue weighted by Crippen LogP contribution is -2.46. The van der Waals surface area contributed by atoms with Gasteiger partial charge in [0.1, 0.15) is 0 Å². The molecular weight excluding hydrogens is 256 g/mol. The second-order valence-corrected chi connectivity index (χ2v) is 7.67. The van der Waals surface area contributed by atoms with Crippen LogP contribution >= 0.6 is 0 Å². The highest BCUT2D eigenvalue weighted by atomic mass is 15.2. The molecule has 0 bridgehead atoms. The molecule has 128 valence electrons. The molecule has 0 aromatic carbocycles. The van der Waals surface area contributed by atoms with Gasteiger partial charge in [0, 0.05) is 19.1 Å². The topological polar surface area (TPSA) is 15.3 Å². The van der Waals surface area contributed by atoms with Crippen molar-refractivity contribution in [1.29, 1.82) is 0 Å². The summed E-state index contributed by atoms with van der Waals surface area (Å²) in [4.78, 5) is 2.73. The highest BCUT2D eigenvalue weighted by Crippen LogP contribution is 2.26. The molecule has 0 aliphatic carbocycles. The van der Waals surface area contributed by atoms with Gasteiger partial charge >= 0.3 is 0 Å². The first-order valence-corrected chi connectivity index (χ1v) is 9.33. The molecule has 0 aliphatic heterocycles. The highest BCUT2D eigenvalue weighted by Gasteiger charge is 2.27. The monoisotopic (exact) mass is 298 g/mol. The van der Waals surface area contributed by atoms with Crippen molar-refractivity contribution in [1.82, 2.24) is 10.2 Å². The zero-order chi connectivity index (χ0) is 16.3. The molecule has 0 aliphatic rings. The quantitative estimate of drug-likeness (QED) is 0.518. The minimum absolute atomic E-state index is 0.404. The third-order valence-electron chi connectivity index (χ3n) is 4.56. The Balaban J connectivity index is 4.63. The minimum atomic E-state index is 0.404. The Labute approximate surface area is 135 Å². The Morgan fingerprint density at radius 2 is 1.71 bits per heavy atom. The molecule has 0 radical (unpaired) electrons. The summed E-state index contributed by atoms with van der Waals surface area (Å²) < 4.78 is 0. The highest BCUT2D eigenvalue weighted by molar-refractivity contribution is 4.82. The van der Waals surface area contributed by atoms with Gasteiger partial charge in [-0.15, -0.1) is 0 Å². The summed E-state index contributed by atoms with van der Waals surface area (Å²) in [6.45, 7) is 21.2. The first-order valence-electron chi connectivity index (χ1n) is 9.33. The molecule has 2 unspecified atom stereocenters. The Hall–Kier alpha value is -0.0800. The molecule has 0 amide bonds. The summed E-state index contributed by atoms with van der Waals surface area (Å²) in [5, 5.41) is 3.70. The van der Waals surface area contributed by atoms with Gasteiger partial charge in [0.15, 0.2) is 0 Å². The van der Waals surface area contributed by atoms with E-state index in [2.05, 4.69) is 58.7 Å². The lowest BCUT2D eigenvalue weighted by molar-refractivity contribution is 0.111.